The maximum absolute atomic E-state index is 12.7. The molecule has 0 aromatic heterocycles. The number of nitrogens with zero attached hydrogens (tertiary/aromatic N) is 1. The first-order valence-electron chi connectivity index (χ1n) is 10.8. The average Bonchev–Trinajstić information content (AvgIpc) is 3.31. The fraction of sp³-hybridized carbons (Fsp3) is 0.684. The lowest BCUT2D eigenvalue weighted by molar-refractivity contribution is -0.143. The molecule has 3 amide bonds. The van der Waals surface area contributed by atoms with Gasteiger partial charge >= 0.3 is 11.9 Å². The van der Waals surface area contributed by atoms with E-state index in [9.17, 15) is 29.1 Å². The molecule has 0 aliphatic carbocycles. The third-order valence-electron chi connectivity index (χ3n) is 5.03. The lowest BCUT2D eigenvalue weighted by Crippen LogP contribution is -2.57. The molecule has 0 saturated carbocycles. The maximum Gasteiger partial charge on any atom is 0.326 e. The van der Waals surface area contributed by atoms with Crippen molar-refractivity contribution in [3.63, 3.8) is 0 Å². The number of carboxylic acid groups (broad SMARTS) is 2. The summed E-state index contributed by atoms with van der Waals surface area (Å²) in [6.07, 6.45) is 0.959. The minimum Gasteiger partial charge on any atom is -0.481 e. The molecule has 34 heavy (non-hydrogen) atoms. The molecule has 4 atom stereocenters. The van der Waals surface area contributed by atoms with E-state index in [0.29, 0.717) is 13.0 Å². The van der Waals surface area contributed by atoms with Gasteiger partial charge in [0.2, 0.25) is 17.7 Å². The lowest BCUT2D eigenvalue weighted by Gasteiger charge is -2.24. The standard InChI is InChI=1S/C19H33N7O7S/c20-19(21)23-8-2-4-12(18(32)33)25-16(30)11(5-6-14(27)28)24-17(31)13(9-34)26-15(29)10-3-1-7-22-10/h10-13,22,34H,1-9H2,(H,24,31)(H,25,30)(H,26,29)(H,27,28)(H,32,33)(H4,20,21,23). The van der Waals surface area contributed by atoms with Crippen molar-refractivity contribution in [2.75, 3.05) is 18.8 Å². The highest BCUT2D eigenvalue weighted by molar-refractivity contribution is 7.80. The number of carbonyl (C=O) groups is 5. The molecule has 1 rings (SSSR count). The van der Waals surface area contributed by atoms with E-state index in [0.717, 1.165) is 6.42 Å². The summed E-state index contributed by atoms with van der Waals surface area (Å²) in [7, 11) is 0. The summed E-state index contributed by atoms with van der Waals surface area (Å²) in [5, 5.41) is 28.6. The quantitative estimate of drug-likeness (QED) is 0.0479. The number of thiol groups is 1. The van der Waals surface area contributed by atoms with Crippen LogP contribution in [0.15, 0.2) is 4.99 Å². The van der Waals surface area contributed by atoms with Crippen LogP contribution in [0.1, 0.15) is 38.5 Å². The van der Waals surface area contributed by atoms with E-state index in [1.54, 1.807) is 0 Å². The Hall–Kier alpha value is -3.07. The lowest BCUT2D eigenvalue weighted by atomic mass is 10.1. The van der Waals surface area contributed by atoms with Crippen LogP contribution in [0.3, 0.4) is 0 Å². The Morgan fingerprint density at radius 3 is 2.18 bits per heavy atom. The van der Waals surface area contributed by atoms with Crippen LogP contribution in [0, 0.1) is 0 Å². The van der Waals surface area contributed by atoms with Gasteiger partial charge < -0.3 is 42.9 Å². The summed E-state index contributed by atoms with van der Waals surface area (Å²) in [5.74, 6) is -4.74. The number of amides is 3. The van der Waals surface area contributed by atoms with Gasteiger partial charge in [0.05, 0.1) is 6.04 Å². The first kappa shape index (κ1) is 29.0. The zero-order chi connectivity index (χ0) is 25.7. The van der Waals surface area contributed by atoms with Crippen molar-refractivity contribution in [2.24, 2.45) is 16.5 Å². The second kappa shape index (κ2) is 15.0. The van der Waals surface area contributed by atoms with Crippen molar-refractivity contribution in [1.29, 1.82) is 0 Å². The Labute approximate surface area is 202 Å². The summed E-state index contributed by atoms with van der Waals surface area (Å²) in [4.78, 5) is 64.0. The van der Waals surface area contributed by atoms with Gasteiger partial charge in [-0.25, -0.2) is 4.79 Å². The molecule has 1 aliphatic rings. The van der Waals surface area contributed by atoms with Crippen molar-refractivity contribution in [3.05, 3.63) is 0 Å². The van der Waals surface area contributed by atoms with Crippen LogP contribution < -0.4 is 32.7 Å². The molecule has 1 fully saturated rings. The van der Waals surface area contributed by atoms with Crippen LogP contribution in [-0.4, -0.2) is 88.8 Å². The second-order valence-electron chi connectivity index (χ2n) is 7.73. The highest BCUT2D eigenvalue weighted by atomic mass is 32.1. The SMILES string of the molecule is NC(N)=NCCCC(NC(=O)C(CCC(=O)O)NC(=O)C(CS)NC(=O)C1CCCN1)C(=O)O. The Morgan fingerprint density at radius 1 is 1.00 bits per heavy atom. The summed E-state index contributed by atoms with van der Waals surface area (Å²) >= 11 is 4.08. The van der Waals surface area contributed by atoms with Crippen molar-refractivity contribution in [2.45, 2.75) is 62.7 Å². The van der Waals surface area contributed by atoms with Gasteiger partial charge in [0.1, 0.15) is 18.1 Å². The number of hydrogen-bond acceptors (Lipinski definition) is 8. The molecule has 4 unspecified atom stereocenters. The largest absolute Gasteiger partial charge is 0.481 e. The third kappa shape index (κ3) is 10.7. The van der Waals surface area contributed by atoms with Gasteiger partial charge in [0.25, 0.3) is 0 Å². The van der Waals surface area contributed by atoms with Gasteiger partial charge in [-0.15, -0.1) is 0 Å². The van der Waals surface area contributed by atoms with Crippen LogP contribution in [0.25, 0.3) is 0 Å². The predicted octanol–water partition coefficient (Wildman–Crippen LogP) is -2.87. The number of aliphatic imine (C=N–C) groups is 1. The van der Waals surface area contributed by atoms with Gasteiger partial charge in [0, 0.05) is 18.7 Å². The number of nitrogens with one attached hydrogen (secondary N) is 4. The van der Waals surface area contributed by atoms with E-state index in [1.807, 2.05) is 0 Å². The summed E-state index contributed by atoms with van der Waals surface area (Å²) in [5.41, 5.74) is 10.4. The van der Waals surface area contributed by atoms with Crippen LogP contribution in [0.4, 0.5) is 0 Å². The number of carboxylic acids is 2. The van der Waals surface area contributed by atoms with Gasteiger partial charge in [-0.05, 0) is 38.6 Å². The number of nitrogens with two attached hydrogens (primary N) is 2. The fourth-order valence-corrected chi connectivity index (χ4v) is 3.47. The van der Waals surface area contributed by atoms with Gasteiger partial charge in [-0.1, -0.05) is 0 Å². The molecular formula is C19H33N7O7S. The minimum atomic E-state index is -1.34. The molecular weight excluding hydrogens is 470 g/mol. The number of carbonyl (C=O) groups excluding carboxylic acids is 3. The molecule has 0 bridgehead atoms. The zero-order valence-electron chi connectivity index (χ0n) is 18.7. The van der Waals surface area contributed by atoms with Crippen LogP contribution in [0.2, 0.25) is 0 Å². The van der Waals surface area contributed by atoms with Gasteiger partial charge in [0.15, 0.2) is 5.96 Å². The first-order chi connectivity index (χ1) is 16.0. The van der Waals surface area contributed by atoms with E-state index >= 15 is 0 Å². The van der Waals surface area contributed by atoms with Crippen molar-refractivity contribution < 1.29 is 34.2 Å². The van der Waals surface area contributed by atoms with E-state index in [2.05, 4.69) is 38.9 Å². The summed E-state index contributed by atoms with van der Waals surface area (Å²) < 4.78 is 0. The highest BCUT2D eigenvalue weighted by Crippen LogP contribution is 2.07. The Kier molecular flexibility index (Phi) is 12.7. The van der Waals surface area contributed by atoms with E-state index in [-0.39, 0.29) is 43.4 Å². The number of rotatable bonds is 15. The summed E-state index contributed by atoms with van der Waals surface area (Å²) in [6, 6.07) is -4.16. The molecule has 0 aromatic carbocycles. The molecule has 0 spiro atoms. The molecule has 15 heteroatoms. The number of guanidine groups is 1. The Morgan fingerprint density at radius 2 is 1.65 bits per heavy atom. The highest BCUT2D eigenvalue weighted by Gasteiger charge is 2.31. The van der Waals surface area contributed by atoms with E-state index < -0.39 is 54.3 Å². The van der Waals surface area contributed by atoms with E-state index in [1.165, 1.54) is 0 Å². The molecule has 1 saturated heterocycles. The Bertz CT molecular complexity index is 770. The molecule has 1 heterocycles. The van der Waals surface area contributed by atoms with Crippen LogP contribution in [-0.2, 0) is 24.0 Å². The monoisotopic (exact) mass is 503 g/mol. The second-order valence-corrected chi connectivity index (χ2v) is 8.10. The van der Waals surface area contributed by atoms with Crippen molar-refractivity contribution in [3.8, 4) is 0 Å². The fourth-order valence-electron chi connectivity index (χ4n) is 3.22. The Balaban J connectivity index is 2.81. The van der Waals surface area contributed by atoms with Gasteiger partial charge in [-0.2, -0.15) is 12.6 Å². The molecule has 0 aromatic rings. The molecule has 14 nitrogen and oxygen atoms in total. The topological polar surface area (TPSA) is 238 Å². The van der Waals surface area contributed by atoms with E-state index in [4.69, 9.17) is 16.6 Å². The third-order valence-corrected chi connectivity index (χ3v) is 5.40. The van der Waals surface area contributed by atoms with Gasteiger partial charge in [-0.3, -0.25) is 24.2 Å². The maximum atomic E-state index is 12.7. The number of aliphatic carboxylic acids is 2. The molecule has 10 N–H and O–H groups in total. The minimum absolute atomic E-state index is 0.00115. The predicted molar refractivity (Wildman–Crippen MR) is 125 cm³/mol. The summed E-state index contributed by atoms with van der Waals surface area (Å²) in [6.45, 7) is 0.838. The molecule has 192 valence electrons. The number of hydrogen-bond donors (Lipinski definition) is 9. The smallest absolute Gasteiger partial charge is 0.326 e. The molecule has 0 radical (unpaired) electrons. The zero-order valence-corrected chi connectivity index (χ0v) is 19.6. The first-order valence-corrected chi connectivity index (χ1v) is 11.4. The van der Waals surface area contributed by atoms with Crippen molar-refractivity contribution in [1.82, 2.24) is 21.3 Å². The van der Waals surface area contributed by atoms with Crippen LogP contribution in [0.5, 0.6) is 0 Å². The normalized spacial score (nSPS) is 17.6. The van der Waals surface area contributed by atoms with Crippen molar-refractivity contribution >= 4 is 48.2 Å². The molecule has 1 aliphatic heterocycles. The average molecular weight is 504 g/mol. The van der Waals surface area contributed by atoms with Crippen LogP contribution >= 0.6 is 12.6 Å².